The van der Waals surface area contributed by atoms with Gasteiger partial charge in [0.15, 0.2) is 9.84 Å². The molecule has 21 heavy (non-hydrogen) atoms. The molecule has 2 nitrogen and oxygen atoms in total. The Hall–Kier alpha value is -1.09. The molecule has 0 aliphatic rings. The van der Waals surface area contributed by atoms with Crippen molar-refractivity contribution in [2.24, 2.45) is 0 Å². The Bertz CT molecular complexity index is 473. The van der Waals surface area contributed by atoms with Gasteiger partial charge in [0.25, 0.3) is 0 Å². The van der Waals surface area contributed by atoms with Crippen LogP contribution in [0.5, 0.6) is 0 Å². The average Bonchev–Trinajstić information content (AvgIpc) is 2.46. The van der Waals surface area contributed by atoms with Gasteiger partial charge >= 0.3 is 0 Å². The molecule has 120 valence electrons. The van der Waals surface area contributed by atoms with Gasteiger partial charge in [-0.2, -0.15) is 0 Å². The van der Waals surface area contributed by atoms with Crippen molar-refractivity contribution in [1.29, 1.82) is 0 Å². The SMILES string of the molecule is C=C/C=C\C(=C/C=C)S(=O)(=O)C(C)(CCCC)CCCC. The Morgan fingerprint density at radius 1 is 1.05 bits per heavy atom. The standard InChI is InChI=1S/C18H30O2S/c1-6-10-14-17(13-9-4)21(19,20)18(5,15-11-7-2)16-12-8-3/h6,9-10,13-14H,1,4,7-8,11-12,15-16H2,2-3,5H3/b14-10-,17-13+. The van der Waals surface area contributed by atoms with E-state index in [9.17, 15) is 8.42 Å². The van der Waals surface area contributed by atoms with E-state index in [1.807, 2.05) is 6.92 Å². The van der Waals surface area contributed by atoms with Gasteiger partial charge in [-0.1, -0.05) is 70.9 Å². The van der Waals surface area contributed by atoms with E-state index in [0.717, 1.165) is 25.7 Å². The van der Waals surface area contributed by atoms with Gasteiger partial charge in [0.2, 0.25) is 0 Å². The first-order valence-corrected chi connectivity index (χ1v) is 9.24. The molecule has 0 saturated carbocycles. The number of hydrogen-bond donors (Lipinski definition) is 0. The second kappa shape index (κ2) is 9.78. The predicted octanol–water partition coefficient (Wildman–Crippen LogP) is 5.35. The van der Waals surface area contributed by atoms with Crippen LogP contribution in [-0.4, -0.2) is 13.2 Å². The Labute approximate surface area is 131 Å². The molecule has 0 rings (SSSR count). The fourth-order valence-corrected chi connectivity index (χ4v) is 4.22. The average molecular weight is 311 g/mol. The number of unbranched alkanes of at least 4 members (excludes halogenated alkanes) is 2. The van der Waals surface area contributed by atoms with Crippen molar-refractivity contribution >= 4 is 9.84 Å². The highest BCUT2D eigenvalue weighted by Gasteiger charge is 2.39. The lowest BCUT2D eigenvalue weighted by Crippen LogP contribution is -2.36. The third-order valence-electron chi connectivity index (χ3n) is 3.76. The smallest absolute Gasteiger partial charge is 0.183 e. The van der Waals surface area contributed by atoms with Crippen LogP contribution in [-0.2, 0) is 9.84 Å². The lowest BCUT2D eigenvalue weighted by atomic mass is 9.97. The summed E-state index contributed by atoms with van der Waals surface area (Å²) in [6, 6.07) is 0. The fourth-order valence-electron chi connectivity index (χ4n) is 2.29. The van der Waals surface area contributed by atoms with Crippen LogP contribution in [0.4, 0.5) is 0 Å². The van der Waals surface area contributed by atoms with Crippen LogP contribution < -0.4 is 0 Å². The van der Waals surface area contributed by atoms with Crippen LogP contribution in [0.1, 0.15) is 59.3 Å². The normalized spacial score (nSPS) is 13.6. The van der Waals surface area contributed by atoms with E-state index in [-0.39, 0.29) is 0 Å². The maximum absolute atomic E-state index is 13.1. The van der Waals surface area contributed by atoms with Crippen molar-refractivity contribution in [2.45, 2.75) is 64.0 Å². The number of allylic oxidation sites excluding steroid dienone is 5. The van der Waals surface area contributed by atoms with Gasteiger partial charge < -0.3 is 0 Å². The summed E-state index contributed by atoms with van der Waals surface area (Å²) in [5, 5.41) is 0. The number of rotatable bonds is 11. The molecule has 0 amide bonds. The molecule has 0 bridgehead atoms. The molecule has 0 aliphatic heterocycles. The first-order valence-electron chi connectivity index (χ1n) is 7.76. The number of sulfone groups is 1. The summed E-state index contributed by atoms with van der Waals surface area (Å²) in [6.45, 7) is 13.3. The van der Waals surface area contributed by atoms with E-state index in [1.54, 1.807) is 24.3 Å². The van der Waals surface area contributed by atoms with Gasteiger partial charge in [0.05, 0.1) is 9.65 Å². The Balaban J connectivity index is 5.69. The molecule has 3 heteroatoms. The van der Waals surface area contributed by atoms with Gasteiger partial charge in [-0.05, 0) is 31.9 Å². The minimum absolute atomic E-state index is 0.326. The van der Waals surface area contributed by atoms with Crippen LogP contribution >= 0.6 is 0 Å². The van der Waals surface area contributed by atoms with E-state index in [0.29, 0.717) is 17.7 Å². The second-order valence-electron chi connectivity index (χ2n) is 5.56. The van der Waals surface area contributed by atoms with Crippen molar-refractivity contribution in [2.75, 3.05) is 0 Å². The summed E-state index contributed by atoms with van der Waals surface area (Å²) in [6.07, 6.45) is 13.2. The molecule has 0 aromatic carbocycles. The second-order valence-corrected chi connectivity index (χ2v) is 8.02. The largest absolute Gasteiger partial charge is 0.223 e. The van der Waals surface area contributed by atoms with E-state index < -0.39 is 14.6 Å². The minimum atomic E-state index is -3.39. The van der Waals surface area contributed by atoms with Crippen LogP contribution in [0.25, 0.3) is 0 Å². The van der Waals surface area contributed by atoms with Crippen molar-refractivity contribution < 1.29 is 8.42 Å². The first-order chi connectivity index (χ1) is 9.89. The summed E-state index contributed by atoms with van der Waals surface area (Å²) in [4.78, 5) is 0.326. The zero-order valence-electron chi connectivity index (χ0n) is 13.8. The summed E-state index contributed by atoms with van der Waals surface area (Å²) < 4.78 is 25.4. The zero-order chi connectivity index (χ0) is 16.4. The molecule has 0 aromatic heterocycles. The first kappa shape index (κ1) is 19.9. The molecule has 0 fully saturated rings. The third-order valence-corrected chi connectivity index (χ3v) is 6.35. The summed E-state index contributed by atoms with van der Waals surface area (Å²) in [5.74, 6) is 0. The molecule has 0 aromatic rings. The summed E-state index contributed by atoms with van der Waals surface area (Å²) in [7, 11) is -3.39. The highest BCUT2D eigenvalue weighted by molar-refractivity contribution is 7.96. The zero-order valence-corrected chi connectivity index (χ0v) is 14.6. The van der Waals surface area contributed by atoms with Gasteiger partial charge in [-0.3, -0.25) is 0 Å². The van der Waals surface area contributed by atoms with Gasteiger partial charge in [-0.15, -0.1) is 0 Å². The lowest BCUT2D eigenvalue weighted by molar-refractivity contribution is 0.456. The van der Waals surface area contributed by atoms with Crippen LogP contribution in [0, 0.1) is 0 Å². The summed E-state index contributed by atoms with van der Waals surface area (Å²) >= 11 is 0. The molecule has 0 unspecified atom stereocenters. The van der Waals surface area contributed by atoms with Crippen molar-refractivity contribution in [3.05, 3.63) is 48.4 Å². The van der Waals surface area contributed by atoms with Crippen LogP contribution in [0.15, 0.2) is 48.4 Å². The van der Waals surface area contributed by atoms with E-state index in [4.69, 9.17) is 0 Å². The monoisotopic (exact) mass is 310 g/mol. The topological polar surface area (TPSA) is 34.1 Å². The molecule has 0 N–H and O–H groups in total. The van der Waals surface area contributed by atoms with E-state index in [2.05, 4.69) is 27.0 Å². The molecule has 0 radical (unpaired) electrons. The molecule has 0 aliphatic carbocycles. The maximum Gasteiger partial charge on any atom is 0.183 e. The quantitative estimate of drug-likeness (QED) is 0.482. The molecule has 0 saturated heterocycles. The molecule has 0 spiro atoms. The third kappa shape index (κ3) is 5.66. The van der Waals surface area contributed by atoms with Gasteiger partial charge in [-0.25, -0.2) is 8.42 Å². The van der Waals surface area contributed by atoms with Crippen LogP contribution in [0.2, 0.25) is 0 Å². The fraction of sp³-hybridized carbons (Fsp3) is 0.556. The Kier molecular flexibility index (Phi) is 9.27. The van der Waals surface area contributed by atoms with Gasteiger partial charge in [0, 0.05) is 0 Å². The van der Waals surface area contributed by atoms with Gasteiger partial charge in [0.1, 0.15) is 0 Å². The molecule has 0 heterocycles. The maximum atomic E-state index is 13.1. The molecular formula is C18H30O2S. The van der Waals surface area contributed by atoms with E-state index in [1.165, 1.54) is 6.08 Å². The number of hydrogen-bond acceptors (Lipinski definition) is 2. The highest BCUT2D eigenvalue weighted by Crippen LogP contribution is 2.35. The Morgan fingerprint density at radius 2 is 1.57 bits per heavy atom. The lowest BCUT2D eigenvalue weighted by Gasteiger charge is -2.30. The molecule has 0 atom stereocenters. The van der Waals surface area contributed by atoms with Crippen molar-refractivity contribution in [3.8, 4) is 0 Å². The minimum Gasteiger partial charge on any atom is -0.223 e. The Morgan fingerprint density at radius 3 is 1.95 bits per heavy atom. The summed E-state index contributed by atoms with van der Waals surface area (Å²) in [5.41, 5.74) is 0. The highest BCUT2D eigenvalue weighted by atomic mass is 32.2. The van der Waals surface area contributed by atoms with E-state index >= 15 is 0 Å². The van der Waals surface area contributed by atoms with Crippen molar-refractivity contribution in [1.82, 2.24) is 0 Å². The van der Waals surface area contributed by atoms with Crippen molar-refractivity contribution in [3.63, 3.8) is 0 Å². The molecular weight excluding hydrogens is 280 g/mol. The predicted molar refractivity (Wildman–Crippen MR) is 94.0 cm³/mol. The van der Waals surface area contributed by atoms with Crippen LogP contribution in [0.3, 0.4) is 0 Å².